The molecule has 0 saturated heterocycles. The van der Waals surface area contributed by atoms with Crippen molar-refractivity contribution < 1.29 is 14.3 Å². The lowest BCUT2D eigenvalue weighted by atomic mass is 10.1. The average Bonchev–Trinajstić information content (AvgIpc) is 2.14. The maximum Gasteiger partial charge on any atom is 0.339 e. The lowest BCUT2D eigenvalue weighted by Crippen LogP contribution is -1.99. The first-order valence-corrected chi connectivity index (χ1v) is 4.43. The SMILES string of the molecule is COc1cc(=O)oc2cc(O)cc(C)c12. The molecule has 15 heavy (non-hydrogen) atoms. The molecule has 2 aromatic rings. The van der Waals surface area contributed by atoms with Crippen LogP contribution in [0.15, 0.2) is 27.4 Å². The quantitative estimate of drug-likeness (QED) is 0.723. The molecule has 0 spiro atoms. The summed E-state index contributed by atoms with van der Waals surface area (Å²) in [6.45, 7) is 1.81. The van der Waals surface area contributed by atoms with E-state index in [1.165, 1.54) is 19.2 Å². The van der Waals surface area contributed by atoms with Crippen molar-refractivity contribution in [1.29, 1.82) is 0 Å². The number of phenolic OH excluding ortho intramolecular Hbond substituents is 1. The number of aromatic hydroxyl groups is 1. The smallest absolute Gasteiger partial charge is 0.339 e. The number of methoxy groups -OCH3 is 1. The highest BCUT2D eigenvalue weighted by molar-refractivity contribution is 5.87. The molecule has 2 rings (SSSR count). The molecule has 4 heteroatoms. The Morgan fingerprint density at radius 1 is 1.33 bits per heavy atom. The Hall–Kier alpha value is -1.97. The second-order valence-corrected chi connectivity index (χ2v) is 3.27. The Balaban J connectivity index is 2.96. The van der Waals surface area contributed by atoms with Crippen LogP contribution in [0, 0.1) is 6.92 Å². The second-order valence-electron chi connectivity index (χ2n) is 3.27. The van der Waals surface area contributed by atoms with E-state index in [0.717, 1.165) is 5.56 Å². The summed E-state index contributed by atoms with van der Waals surface area (Å²) in [7, 11) is 1.49. The van der Waals surface area contributed by atoms with E-state index in [9.17, 15) is 9.90 Å². The van der Waals surface area contributed by atoms with Gasteiger partial charge in [-0.1, -0.05) is 0 Å². The molecule has 0 aliphatic carbocycles. The van der Waals surface area contributed by atoms with Crippen LogP contribution in [-0.2, 0) is 0 Å². The van der Waals surface area contributed by atoms with E-state index >= 15 is 0 Å². The summed E-state index contributed by atoms with van der Waals surface area (Å²) >= 11 is 0. The van der Waals surface area contributed by atoms with Gasteiger partial charge in [0.1, 0.15) is 17.1 Å². The number of hydrogen-bond donors (Lipinski definition) is 1. The second kappa shape index (κ2) is 3.31. The molecule has 0 atom stereocenters. The predicted octanol–water partition coefficient (Wildman–Crippen LogP) is 1.82. The number of phenols is 1. The van der Waals surface area contributed by atoms with E-state index in [0.29, 0.717) is 16.7 Å². The highest BCUT2D eigenvalue weighted by Gasteiger charge is 2.09. The van der Waals surface area contributed by atoms with Gasteiger partial charge in [-0.3, -0.25) is 0 Å². The van der Waals surface area contributed by atoms with Crippen LogP contribution >= 0.6 is 0 Å². The van der Waals surface area contributed by atoms with Crippen LogP contribution in [0.4, 0.5) is 0 Å². The topological polar surface area (TPSA) is 59.7 Å². The molecular weight excluding hydrogens is 196 g/mol. The Bertz CT molecular complexity index is 569. The number of ether oxygens (including phenoxy) is 1. The van der Waals surface area contributed by atoms with Gasteiger partial charge in [-0.05, 0) is 18.6 Å². The maximum absolute atomic E-state index is 11.2. The summed E-state index contributed by atoms with van der Waals surface area (Å²) in [5.41, 5.74) is 0.631. The minimum atomic E-state index is -0.496. The summed E-state index contributed by atoms with van der Waals surface area (Å²) in [4.78, 5) is 11.2. The van der Waals surface area contributed by atoms with Crippen LogP contribution in [0.5, 0.6) is 11.5 Å². The van der Waals surface area contributed by atoms with E-state index in [1.807, 2.05) is 6.92 Å². The van der Waals surface area contributed by atoms with Crippen LogP contribution in [-0.4, -0.2) is 12.2 Å². The van der Waals surface area contributed by atoms with E-state index in [4.69, 9.17) is 9.15 Å². The molecule has 0 saturated carbocycles. The van der Waals surface area contributed by atoms with Crippen molar-refractivity contribution in [3.63, 3.8) is 0 Å². The fourth-order valence-electron chi connectivity index (χ4n) is 1.61. The Labute approximate surface area is 85.7 Å². The van der Waals surface area contributed by atoms with Gasteiger partial charge < -0.3 is 14.3 Å². The largest absolute Gasteiger partial charge is 0.508 e. The molecule has 4 nitrogen and oxygen atoms in total. The Morgan fingerprint density at radius 3 is 2.73 bits per heavy atom. The molecule has 0 fully saturated rings. The zero-order valence-electron chi connectivity index (χ0n) is 8.40. The minimum Gasteiger partial charge on any atom is -0.508 e. The fraction of sp³-hybridized carbons (Fsp3) is 0.182. The van der Waals surface area contributed by atoms with Gasteiger partial charge in [0.2, 0.25) is 0 Å². The molecule has 0 unspecified atom stereocenters. The molecule has 0 aliphatic heterocycles. The van der Waals surface area contributed by atoms with Crippen LogP contribution in [0.1, 0.15) is 5.56 Å². The molecule has 1 N–H and O–H groups in total. The van der Waals surface area contributed by atoms with Gasteiger partial charge in [-0.15, -0.1) is 0 Å². The zero-order valence-corrected chi connectivity index (χ0v) is 8.40. The number of aryl methyl sites for hydroxylation is 1. The van der Waals surface area contributed by atoms with Crippen LogP contribution in [0.3, 0.4) is 0 Å². The van der Waals surface area contributed by atoms with Gasteiger partial charge in [-0.25, -0.2) is 4.79 Å². The zero-order chi connectivity index (χ0) is 11.0. The van der Waals surface area contributed by atoms with Gasteiger partial charge in [-0.2, -0.15) is 0 Å². The molecule has 0 amide bonds. The first-order valence-electron chi connectivity index (χ1n) is 4.43. The minimum absolute atomic E-state index is 0.0661. The summed E-state index contributed by atoms with van der Waals surface area (Å²) in [6.07, 6.45) is 0. The van der Waals surface area contributed by atoms with Gasteiger partial charge in [0.15, 0.2) is 0 Å². The van der Waals surface area contributed by atoms with Crippen molar-refractivity contribution in [2.45, 2.75) is 6.92 Å². The fourth-order valence-corrected chi connectivity index (χ4v) is 1.61. The van der Waals surface area contributed by atoms with Crippen LogP contribution < -0.4 is 10.4 Å². The average molecular weight is 206 g/mol. The van der Waals surface area contributed by atoms with Gasteiger partial charge in [0.25, 0.3) is 0 Å². The molecule has 1 aromatic carbocycles. The van der Waals surface area contributed by atoms with Gasteiger partial charge >= 0.3 is 5.63 Å². The molecular formula is C11H10O4. The Kier molecular flexibility index (Phi) is 2.11. The number of hydrogen-bond acceptors (Lipinski definition) is 4. The monoisotopic (exact) mass is 206 g/mol. The summed E-state index contributed by atoms with van der Waals surface area (Å²) in [6, 6.07) is 4.27. The normalized spacial score (nSPS) is 10.5. The third-order valence-corrected chi connectivity index (χ3v) is 2.21. The molecule has 0 bridgehead atoms. The standard InChI is InChI=1S/C11H10O4/c1-6-3-7(12)4-9-11(6)8(14-2)5-10(13)15-9/h3-5,12H,1-2H3. The molecule has 0 radical (unpaired) electrons. The number of benzene rings is 1. The maximum atomic E-state index is 11.2. The summed E-state index contributed by atoms with van der Waals surface area (Å²) < 4.78 is 10.1. The molecule has 78 valence electrons. The number of fused-ring (bicyclic) bond motifs is 1. The van der Waals surface area contributed by atoms with Crippen molar-refractivity contribution in [2.24, 2.45) is 0 Å². The van der Waals surface area contributed by atoms with Crippen molar-refractivity contribution in [3.05, 3.63) is 34.2 Å². The van der Waals surface area contributed by atoms with Crippen molar-refractivity contribution in [2.75, 3.05) is 7.11 Å². The molecule has 1 aromatic heterocycles. The first-order chi connectivity index (χ1) is 7.11. The first kappa shape index (κ1) is 9.58. The highest BCUT2D eigenvalue weighted by Crippen LogP contribution is 2.30. The van der Waals surface area contributed by atoms with Crippen LogP contribution in [0.25, 0.3) is 11.0 Å². The van der Waals surface area contributed by atoms with Crippen LogP contribution in [0.2, 0.25) is 0 Å². The third kappa shape index (κ3) is 1.54. The Morgan fingerprint density at radius 2 is 2.07 bits per heavy atom. The molecule has 1 heterocycles. The van der Waals surface area contributed by atoms with Crippen molar-refractivity contribution in [1.82, 2.24) is 0 Å². The summed E-state index contributed by atoms with van der Waals surface area (Å²) in [5.74, 6) is 0.523. The van der Waals surface area contributed by atoms with Gasteiger partial charge in [0, 0.05) is 6.07 Å². The van der Waals surface area contributed by atoms with E-state index in [1.54, 1.807) is 6.07 Å². The van der Waals surface area contributed by atoms with Crippen molar-refractivity contribution in [3.8, 4) is 11.5 Å². The third-order valence-electron chi connectivity index (χ3n) is 2.21. The van der Waals surface area contributed by atoms with E-state index < -0.39 is 5.63 Å². The van der Waals surface area contributed by atoms with E-state index in [2.05, 4.69) is 0 Å². The lowest BCUT2D eigenvalue weighted by molar-refractivity contribution is 0.412. The molecule has 0 aliphatic rings. The lowest BCUT2D eigenvalue weighted by Gasteiger charge is -2.06. The summed E-state index contributed by atoms with van der Waals surface area (Å²) in [5, 5.41) is 10.1. The van der Waals surface area contributed by atoms with E-state index in [-0.39, 0.29) is 5.75 Å². The number of rotatable bonds is 1. The van der Waals surface area contributed by atoms with Crippen molar-refractivity contribution >= 4 is 11.0 Å². The van der Waals surface area contributed by atoms with Gasteiger partial charge in [0.05, 0.1) is 18.6 Å². The highest BCUT2D eigenvalue weighted by atomic mass is 16.5. The predicted molar refractivity (Wildman–Crippen MR) is 55.4 cm³/mol.